The molecule has 0 unspecified atom stereocenters. The number of hydrogen-bond donors (Lipinski definition) is 2. The molecule has 3 aromatic carbocycles. The van der Waals surface area contributed by atoms with E-state index in [1.54, 1.807) is 9.13 Å². The van der Waals surface area contributed by atoms with Gasteiger partial charge in [0.2, 0.25) is 0 Å². The maximum Gasteiger partial charge on any atom is 0.143 e. The highest BCUT2D eigenvalue weighted by Gasteiger charge is 2.14. The lowest BCUT2D eigenvalue weighted by molar-refractivity contribution is 0.216. The number of rotatable bonds is 4. The quantitative estimate of drug-likeness (QED) is 0.507. The Morgan fingerprint density at radius 3 is 1.36 bits per heavy atom. The first-order valence-corrected chi connectivity index (χ1v) is 9.03. The summed E-state index contributed by atoms with van der Waals surface area (Å²) in [5, 5.41) is 19.7. The van der Waals surface area contributed by atoms with Crippen LogP contribution >= 0.6 is 0 Å². The Labute approximate surface area is 161 Å². The van der Waals surface area contributed by atoms with Gasteiger partial charge in [0.1, 0.15) is 25.1 Å². The molecule has 5 aromatic rings. The van der Waals surface area contributed by atoms with E-state index < -0.39 is 0 Å². The van der Waals surface area contributed by atoms with Crippen LogP contribution < -0.4 is 0 Å². The first kappa shape index (κ1) is 16.7. The smallest absolute Gasteiger partial charge is 0.143 e. The van der Waals surface area contributed by atoms with Crippen LogP contribution in [-0.2, 0) is 13.5 Å². The van der Waals surface area contributed by atoms with E-state index in [4.69, 9.17) is 0 Å². The number of aliphatic hydroxyl groups excluding tert-OH is 2. The summed E-state index contributed by atoms with van der Waals surface area (Å²) in [6.07, 6.45) is 0. The first-order valence-electron chi connectivity index (χ1n) is 9.03. The Bertz CT molecular complexity index is 1180. The molecular weight excluding hydrogens is 352 g/mol. The second kappa shape index (κ2) is 6.60. The summed E-state index contributed by atoms with van der Waals surface area (Å²) >= 11 is 0. The summed E-state index contributed by atoms with van der Waals surface area (Å²) in [4.78, 5) is 9.33. The fraction of sp³-hybridized carbons (Fsp3) is 0.0909. The lowest BCUT2D eigenvalue weighted by Gasteiger charge is -2.08. The van der Waals surface area contributed by atoms with E-state index in [1.807, 2.05) is 72.8 Å². The minimum absolute atomic E-state index is 0.141. The Balaban J connectivity index is 1.61. The van der Waals surface area contributed by atoms with Crippen LogP contribution in [0.4, 0.5) is 0 Å². The van der Waals surface area contributed by atoms with Crippen molar-refractivity contribution in [3.8, 4) is 22.8 Å². The van der Waals surface area contributed by atoms with E-state index in [2.05, 4.69) is 9.97 Å². The fourth-order valence-corrected chi connectivity index (χ4v) is 3.65. The van der Waals surface area contributed by atoms with Gasteiger partial charge in [-0.05, 0) is 24.3 Å². The Kier molecular flexibility index (Phi) is 3.93. The molecule has 5 rings (SSSR count). The summed E-state index contributed by atoms with van der Waals surface area (Å²) in [5.41, 5.74) is 5.29. The summed E-state index contributed by atoms with van der Waals surface area (Å²) in [7, 11) is 0. The summed E-state index contributed by atoms with van der Waals surface area (Å²) in [6, 6.07) is 23.3. The molecule has 0 saturated heterocycles. The van der Waals surface area contributed by atoms with Crippen LogP contribution in [0.1, 0.15) is 0 Å². The van der Waals surface area contributed by atoms with Crippen LogP contribution in [0.15, 0.2) is 72.8 Å². The van der Waals surface area contributed by atoms with Crippen LogP contribution in [0.5, 0.6) is 0 Å². The number of para-hydroxylation sites is 4. The van der Waals surface area contributed by atoms with E-state index in [9.17, 15) is 10.2 Å². The summed E-state index contributed by atoms with van der Waals surface area (Å²) in [5.74, 6) is 1.43. The maximum absolute atomic E-state index is 9.83. The van der Waals surface area contributed by atoms with Crippen molar-refractivity contribution in [2.24, 2.45) is 0 Å². The van der Waals surface area contributed by atoms with Gasteiger partial charge in [-0.1, -0.05) is 48.5 Å². The fourth-order valence-electron chi connectivity index (χ4n) is 3.65. The van der Waals surface area contributed by atoms with Crippen LogP contribution in [0.2, 0.25) is 0 Å². The zero-order valence-corrected chi connectivity index (χ0v) is 15.0. The highest BCUT2D eigenvalue weighted by atomic mass is 16.3. The van der Waals surface area contributed by atoms with Gasteiger partial charge in [-0.3, -0.25) is 0 Å². The van der Waals surface area contributed by atoms with Crippen LogP contribution in [0.3, 0.4) is 0 Å². The second-order valence-electron chi connectivity index (χ2n) is 6.56. The molecule has 0 saturated carbocycles. The number of aromatic nitrogens is 4. The van der Waals surface area contributed by atoms with Gasteiger partial charge >= 0.3 is 0 Å². The molecule has 2 heterocycles. The Hall–Kier alpha value is -3.48. The molecule has 0 radical (unpaired) electrons. The number of nitrogens with zero attached hydrogens (tertiary/aromatic N) is 4. The minimum atomic E-state index is -0.141. The zero-order valence-electron chi connectivity index (χ0n) is 15.0. The van der Waals surface area contributed by atoms with Crippen molar-refractivity contribution in [2.45, 2.75) is 13.5 Å². The first-order chi connectivity index (χ1) is 13.8. The van der Waals surface area contributed by atoms with Gasteiger partial charge in [0.25, 0.3) is 0 Å². The standard InChI is InChI=1S/C22H18N4O2/c27-13-25-19-7-3-1-5-17(19)23-21(25)15-9-11-16(12-10-15)22-24-18-6-2-4-8-20(18)26(22)14-28/h1-12,27-28H,13-14H2. The number of imidazole rings is 2. The van der Waals surface area contributed by atoms with Crippen LogP contribution in [0.25, 0.3) is 44.8 Å². The van der Waals surface area contributed by atoms with Crippen molar-refractivity contribution in [3.05, 3.63) is 72.8 Å². The van der Waals surface area contributed by atoms with Crippen LogP contribution in [-0.4, -0.2) is 29.3 Å². The zero-order chi connectivity index (χ0) is 19.1. The van der Waals surface area contributed by atoms with Crippen molar-refractivity contribution in [3.63, 3.8) is 0 Å². The van der Waals surface area contributed by atoms with E-state index >= 15 is 0 Å². The summed E-state index contributed by atoms with van der Waals surface area (Å²) in [6.45, 7) is -0.282. The molecule has 0 amide bonds. The molecule has 28 heavy (non-hydrogen) atoms. The molecule has 2 N–H and O–H groups in total. The highest BCUT2D eigenvalue weighted by Crippen LogP contribution is 2.29. The van der Waals surface area contributed by atoms with Crippen molar-refractivity contribution >= 4 is 22.1 Å². The van der Waals surface area contributed by atoms with Gasteiger partial charge in [0.05, 0.1) is 22.1 Å². The van der Waals surface area contributed by atoms with Gasteiger partial charge in [-0.15, -0.1) is 0 Å². The third-order valence-electron chi connectivity index (χ3n) is 4.99. The molecule has 138 valence electrons. The lowest BCUT2D eigenvalue weighted by Crippen LogP contribution is -2.00. The van der Waals surface area contributed by atoms with Gasteiger partial charge in [-0.25, -0.2) is 9.97 Å². The molecule has 0 aliphatic carbocycles. The van der Waals surface area contributed by atoms with E-state index in [0.717, 1.165) is 33.2 Å². The van der Waals surface area contributed by atoms with E-state index in [1.165, 1.54) is 0 Å². The molecule has 6 nitrogen and oxygen atoms in total. The predicted molar refractivity (Wildman–Crippen MR) is 108 cm³/mol. The van der Waals surface area contributed by atoms with Crippen molar-refractivity contribution in [1.29, 1.82) is 0 Å². The molecule has 6 heteroatoms. The average molecular weight is 370 g/mol. The molecule has 0 fully saturated rings. The normalized spacial score (nSPS) is 11.5. The van der Waals surface area contributed by atoms with Crippen LogP contribution in [0, 0.1) is 0 Å². The molecular formula is C22H18N4O2. The van der Waals surface area contributed by atoms with Gasteiger partial charge in [0.15, 0.2) is 0 Å². The van der Waals surface area contributed by atoms with Gasteiger partial charge in [-0.2, -0.15) is 0 Å². The van der Waals surface area contributed by atoms with Crippen molar-refractivity contribution in [1.82, 2.24) is 19.1 Å². The number of fused-ring (bicyclic) bond motifs is 2. The van der Waals surface area contributed by atoms with Crippen molar-refractivity contribution in [2.75, 3.05) is 0 Å². The third kappa shape index (κ3) is 2.51. The van der Waals surface area contributed by atoms with Crippen molar-refractivity contribution < 1.29 is 10.2 Å². The predicted octanol–water partition coefficient (Wildman–Crippen LogP) is 3.62. The molecule has 0 spiro atoms. The third-order valence-corrected chi connectivity index (χ3v) is 4.99. The maximum atomic E-state index is 9.83. The monoisotopic (exact) mass is 370 g/mol. The largest absolute Gasteiger partial charge is 0.376 e. The van der Waals surface area contributed by atoms with E-state index in [-0.39, 0.29) is 13.5 Å². The topological polar surface area (TPSA) is 76.1 Å². The number of benzene rings is 3. The molecule has 0 atom stereocenters. The second-order valence-corrected chi connectivity index (χ2v) is 6.56. The highest BCUT2D eigenvalue weighted by molar-refractivity contribution is 5.82. The summed E-state index contributed by atoms with van der Waals surface area (Å²) < 4.78 is 3.57. The van der Waals surface area contributed by atoms with Gasteiger partial charge in [0, 0.05) is 11.1 Å². The van der Waals surface area contributed by atoms with Gasteiger partial charge < -0.3 is 19.3 Å². The minimum Gasteiger partial charge on any atom is -0.376 e. The molecule has 0 aliphatic rings. The molecule has 2 aromatic heterocycles. The lowest BCUT2D eigenvalue weighted by atomic mass is 10.1. The average Bonchev–Trinajstić information content (AvgIpc) is 3.31. The van der Waals surface area contributed by atoms with E-state index in [0.29, 0.717) is 11.6 Å². The Morgan fingerprint density at radius 1 is 0.571 bits per heavy atom. The molecule has 0 bridgehead atoms. The molecule has 0 aliphatic heterocycles. The Morgan fingerprint density at radius 2 is 0.964 bits per heavy atom. The SMILES string of the molecule is OCn1c(-c2ccc(-c3nc4ccccc4n3CO)cc2)nc2ccccc21. The number of aliphatic hydroxyl groups is 2. The number of hydrogen-bond acceptors (Lipinski definition) is 4.